The molecule has 0 aromatic heterocycles. The average molecular weight is 470 g/mol. The number of nitrogens with zero attached hydrogens (tertiary/aromatic N) is 3. The minimum atomic E-state index is -0.418. The van der Waals surface area contributed by atoms with E-state index in [2.05, 4.69) is 4.90 Å². The van der Waals surface area contributed by atoms with Gasteiger partial charge in [0.2, 0.25) is 11.8 Å². The van der Waals surface area contributed by atoms with Gasteiger partial charge in [-0.2, -0.15) is 0 Å². The molecule has 1 saturated heterocycles. The van der Waals surface area contributed by atoms with Gasteiger partial charge in [-0.05, 0) is 48.2 Å². The first-order valence-corrected chi connectivity index (χ1v) is 12.0. The van der Waals surface area contributed by atoms with Crippen molar-refractivity contribution < 1.29 is 18.4 Å². The Balaban J connectivity index is 1.50. The average Bonchev–Trinajstić information content (AvgIpc) is 2.98. The zero-order valence-electron chi connectivity index (χ0n) is 20.2. The summed E-state index contributed by atoms with van der Waals surface area (Å²) < 4.78 is 27.8. The molecule has 0 radical (unpaired) electrons. The summed E-state index contributed by atoms with van der Waals surface area (Å²) in [6.07, 6.45) is 1.56. The third kappa shape index (κ3) is 5.30. The maximum absolute atomic E-state index is 14.3. The molecule has 34 heavy (non-hydrogen) atoms. The molecule has 182 valence electrons. The van der Waals surface area contributed by atoms with Crippen LogP contribution in [-0.4, -0.2) is 60.9 Å². The van der Waals surface area contributed by atoms with Gasteiger partial charge in [0, 0.05) is 44.1 Å². The van der Waals surface area contributed by atoms with Gasteiger partial charge in [0.05, 0.1) is 12.2 Å². The van der Waals surface area contributed by atoms with E-state index in [1.54, 1.807) is 23.1 Å². The highest BCUT2D eigenvalue weighted by Gasteiger charge is 2.32. The topological polar surface area (TPSA) is 43.9 Å². The lowest BCUT2D eigenvalue weighted by atomic mass is 9.87. The molecular formula is C27H33F2N3O2. The van der Waals surface area contributed by atoms with E-state index in [1.165, 1.54) is 24.3 Å². The molecule has 0 saturated carbocycles. The third-order valence-electron chi connectivity index (χ3n) is 6.77. The molecule has 2 amide bonds. The largest absolute Gasteiger partial charge is 0.340 e. The molecule has 1 unspecified atom stereocenters. The Morgan fingerprint density at radius 2 is 1.56 bits per heavy atom. The first-order valence-electron chi connectivity index (χ1n) is 12.0. The Hall–Kier alpha value is -2.80. The van der Waals surface area contributed by atoms with Crippen LogP contribution in [0, 0.1) is 17.0 Å². The smallest absolute Gasteiger partial charge is 0.241 e. The van der Waals surface area contributed by atoms with Crippen molar-refractivity contribution in [3.8, 4) is 0 Å². The first-order chi connectivity index (χ1) is 16.1. The van der Waals surface area contributed by atoms with Gasteiger partial charge in [-0.3, -0.25) is 14.5 Å². The fraction of sp³-hybridized carbons (Fsp3) is 0.481. The van der Waals surface area contributed by atoms with Crippen molar-refractivity contribution in [3.63, 3.8) is 0 Å². The molecule has 0 bridgehead atoms. The SMILES string of the molecule is CC(C)(C)C(=O)N1CCN(CC(=O)N2CCCC(c3ccc(F)cc3)c3ccc(F)cc32)CC1. The van der Waals surface area contributed by atoms with E-state index in [0.29, 0.717) is 38.4 Å². The van der Waals surface area contributed by atoms with Crippen molar-refractivity contribution in [2.75, 3.05) is 44.2 Å². The third-order valence-corrected chi connectivity index (χ3v) is 6.77. The van der Waals surface area contributed by atoms with Crippen LogP contribution in [0.15, 0.2) is 42.5 Å². The maximum Gasteiger partial charge on any atom is 0.241 e. The quantitative estimate of drug-likeness (QED) is 0.669. The van der Waals surface area contributed by atoms with E-state index in [4.69, 9.17) is 0 Å². The molecule has 2 aliphatic heterocycles. The number of benzene rings is 2. The van der Waals surface area contributed by atoms with Crippen LogP contribution in [0.1, 0.15) is 50.7 Å². The van der Waals surface area contributed by atoms with Gasteiger partial charge in [0.15, 0.2) is 0 Å². The molecule has 1 atom stereocenters. The molecular weight excluding hydrogens is 436 g/mol. The number of carbonyl (C=O) groups excluding carboxylic acids is 2. The zero-order chi connectivity index (χ0) is 24.5. The number of hydrogen-bond donors (Lipinski definition) is 0. The van der Waals surface area contributed by atoms with Gasteiger partial charge in [0.1, 0.15) is 11.6 Å². The van der Waals surface area contributed by atoms with Gasteiger partial charge < -0.3 is 9.80 Å². The standard InChI is InChI=1S/C27H33F2N3O2/c1-27(2,3)26(34)31-15-13-30(14-16-31)18-25(33)32-12-4-5-22(19-6-8-20(28)9-7-19)23-11-10-21(29)17-24(23)32/h6-11,17,22H,4-5,12-16,18H2,1-3H3. The molecule has 2 aromatic carbocycles. The van der Waals surface area contributed by atoms with Crippen molar-refractivity contribution in [2.24, 2.45) is 5.41 Å². The van der Waals surface area contributed by atoms with Gasteiger partial charge >= 0.3 is 0 Å². The Bertz CT molecular complexity index is 1040. The van der Waals surface area contributed by atoms with E-state index < -0.39 is 5.41 Å². The number of halogens is 2. The number of hydrogen-bond acceptors (Lipinski definition) is 3. The fourth-order valence-electron chi connectivity index (χ4n) is 4.94. The second-order valence-corrected chi connectivity index (χ2v) is 10.3. The van der Waals surface area contributed by atoms with Crippen LogP contribution in [-0.2, 0) is 9.59 Å². The van der Waals surface area contributed by atoms with E-state index >= 15 is 0 Å². The molecule has 2 aromatic rings. The summed E-state index contributed by atoms with van der Waals surface area (Å²) in [7, 11) is 0. The highest BCUT2D eigenvalue weighted by Crippen LogP contribution is 2.39. The lowest BCUT2D eigenvalue weighted by Crippen LogP contribution is -2.53. The second kappa shape index (κ2) is 9.82. The summed E-state index contributed by atoms with van der Waals surface area (Å²) >= 11 is 0. The van der Waals surface area contributed by atoms with Crippen LogP contribution in [0.3, 0.4) is 0 Å². The van der Waals surface area contributed by atoms with Crippen LogP contribution >= 0.6 is 0 Å². The monoisotopic (exact) mass is 469 g/mol. The summed E-state index contributed by atoms with van der Waals surface area (Å²) in [6, 6.07) is 11.0. The van der Waals surface area contributed by atoms with Crippen molar-refractivity contribution >= 4 is 17.5 Å². The first kappa shape index (κ1) is 24.3. The lowest BCUT2D eigenvalue weighted by molar-refractivity contribution is -0.141. The van der Waals surface area contributed by atoms with E-state index in [1.807, 2.05) is 25.7 Å². The highest BCUT2D eigenvalue weighted by molar-refractivity contribution is 5.96. The number of piperazine rings is 1. The molecule has 7 heteroatoms. The van der Waals surface area contributed by atoms with E-state index in [-0.39, 0.29) is 35.9 Å². The van der Waals surface area contributed by atoms with Gasteiger partial charge in [0.25, 0.3) is 0 Å². The molecule has 0 N–H and O–H groups in total. The molecule has 5 nitrogen and oxygen atoms in total. The zero-order valence-corrected chi connectivity index (χ0v) is 20.2. The maximum atomic E-state index is 14.3. The Morgan fingerprint density at radius 1 is 0.912 bits per heavy atom. The Kier molecular flexibility index (Phi) is 7.03. The van der Waals surface area contributed by atoms with Crippen LogP contribution in [0.4, 0.5) is 14.5 Å². The highest BCUT2D eigenvalue weighted by atomic mass is 19.1. The molecule has 0 spiro atoms. The summed E-state index contributed by atoms with van der Waals surface area (Å²) in [4.78, 5) is 31.6. The summed E-state index contributed by atoms with van der Waals surface area (Å²) in [6.45, 7) is 8.96. The fourth-order valence-corrected chi connectivity index (χ4v) is 4.94. The van der Waals surface area contributed by atoms with Crippen LogP contribution < -0.4 is 4.90 Å². The predicted octanol–water partition coefficient (Wildman–Crippen LogP) is 4.41. The van der Waals surface area contributed by atoms with Gasteiger partial charge in [-0.1, -0.05) is 39.0 Å². The second-order valence-electron chi connectivity index (χ2n) is 10.3. The van der Waals surface area contributed by atoms with E-state index in [0.717, 1.165) is 24.0 Å². The molecule has 2 heterocycles. The molecule has 4 rings (SSSR count). The minimum absolute atomic E-state index is 0.0269. The van der Waals surface area contributed by atoms with Gasteiger partial charge in [-0.25, -0.2) is 8.78 Å². The van der Waals surface area contributed by atoms with Crippen LogP contribution in [0.2, 0.25) is 0 Å². The van der Waals surface area contributed by atoms with Gasteiger partial charge in [-0.15, -0.1) is 0 Å². The minimum Gasteiger partial charge on any atom is -0.340 e. The number of anilines is 1. The predicted molar refractivity (Wildman–Crippen MR) is 129 cm³/mol. The van der Waals surface area contributed by atoms with Crippen molar-refractivity contribution in [2.45, 2.75) is 39.5 Å². The van der Waals surface area contributed by atoms with Crippen LogP contribution in [0.5, 0.6) is 0 Å². The molecule has 0 aliphatic carbocycles. The molecule has 1 fully saturated rings. The Morgan fingerprint density at radius 3 is 2.21 bits per heavy atom. The molecule has 2 aliphatic rings. The Labute approximate surface area is 200 Å². The number of fused-ring (bicyclic) bond motifs is 1. The van der Waals surface area contributed by atoms with E-state index in [9.17, 15) is 18.4 Å². The van der Waals surface area contributed by atoms with Crippen molar-refractivity contribution in [3.05, 3.63) is 65.2 Å². The summed E-state index contributed by atoms with van der Waals surface area (Å²) in [5, 5.41) is 0. The number of rotatable bonds is 3. The van der Waals surface area contributed by atoms with Crippen molar-refractivity contribution in [1.29, 1.82) is 0 Å². The normalized spacial score (nSPS) is 19.5. The number of carbonyl (C=O) groups is 2. The van der Waals surface area contributed by atoms with Crippen molar-refractivity contribution in [1.82, 2.24) is 9.80 Å². The summed E-state index contributed by atoms with van der Waals surface area (Å²) in [5.74, 6) is -0.645. The lowest BCUT2D eigenvalue weighted by Gasteiger charge is -2.38. The number of amides is 2. The van der Waals surface area contributed by atoms with Crippen LogP contribution in [0.25, 0.3) is 0 Å². The summed E-state index contributed by atoms with van der Waals surface area (Å²) in [5.41, 5.74) is 2.03.